The van der Waals surface area contributed by atoms with Crippen molar-refractivity contribution in [3.05, 3.63) is 54.4 Å². The molecule has 0 bridgehead atoms. The quantitative estimate of drug-likeness (QED) is 0.724. The first kappa shape index (κ1) is 17.0. The minimum absolute atomic E-state index is 0.119. The van der Waals surface area contributed by atoms with Crippen LogP contribution in [0.2, 0.25) is 0 Å². The number of rotatable bonds is 6. The number of carbonyl (C=O) groups excluding carboxylic acids is 1. The number of carbonyl (C=O) groups is 1. The van der Waals surface area contributed by atoms with E-state index < -0.39 is 6.10 Å². The minimum Gasteiger partial charge on any atom is -0.491 e. The second-order valence-electron chi connectivity index (χ2n) is 5.93. The summed E-state index contributed by atoms with van der Waals surface area (Å²) in [5, 5.41) is 13.0. The van der Waals surface area contributed by atoms with Gasteiger partial charge >= 0.3 is 0 Å². The second-order valence-corrected chi connectivity index (χ2v) is 5.93. The number of amides is 1. The molecule has 0 fully saturated rings. The summed E-state index contributed by atoms with van der Waals surface area (Å²) in [5.74, 6) is 1.38. The highest BCUT2D eigenvalue weighted by Crippen LogP contribution is 2.18. The lowest BCUT2D eigenvalue weighted by Gasteiger charge is -2.15. The summed E-state index contributed by atoms with van der Waals surface area (Å²) in [4.78, 5) is 15.5. The van der Waals surface area contributed by atoms with Crippen LogP contribution in [-0.2, 0) is 11.3 Å². The number of nitrogens with zero attached hydrogens (tertiary/aromatic N) is 2. The van der Waals surface area contributed by atoms with Crippen LogP contribution in [-0.4, -0.2) is 33.3 Å². The molecule has 2 N–H and O–H groups in total. The molecule has 1 heterocycles. The van der Waals surface area contributed by atoms with Gasteiger partial charge in [0.1, 0.15) is 24.3 Å². The maximum atomic E-state index is 11.0. The Hall–Kier alpha value is -2.86. The van der Waals surface area contributed by atoms with Gasteiger partial charge in [-0.3, -0.25) is 4.79 Å². The van der Waals surface area contributed by atoms with E-state index in [1.54, 1.807) is 24.3 Å². The summed E-state index contributed by atoms with van der Waals surface area (Å²) < 4.78 is 7.62. The molecular weight excluding hydrogens is 318 g/mol. The lowest BCUT2D eigenvalue weighted by atomic mass is 10.3. The zero-order valence-electron chi connectivity index (χ0n) is 14.3. The first-order chi connectivity index (χ1) is 12.0. The summed E-state index contributed by atoms with van der Waals surface area (Å²) in [7, 11) is 0. The molecule has 2 aromatic carbocycles. The van der Waals surface area contributed by atoms with Crippen LogP contribution in [0.3, 0.4) is 0 Å². The van der Waals surface area contributed by atoms with Crippen LogP contribution < -0.4 is 10.1 Å². The number of anilines is 1. The fourth-order valence-electron chi connectivity index (χ4n) is 2.72. The van der Waals surface area contributed by atoms with Gasteiger partial charge < -0.3 is 19.7 Å². The SMILES string of the molecule is CC(=O)Nc1ccc(OC[C@H](O)Cn2c(C)nc3ccccc32)cc1. The van der Waals surface area contributed by atoms with Crippen molar-refractivity contribution in [2.45, 2.75) is 26.5 Å². The molecule has 3 rings (SSSR count). The van der Waals surface area contributed by atoms with Gasteiger partial charge in [-0.15, -0.1) is 0 Å². The lowest BCUT2D eigenvalue weighted by molar-refractivity contribution is -0.114. The van der Waals surface area contributed by atoms with Crippen LogP contribution in [0.25, 0.3) is 11.0 Å². The number of aryl methyl sites for hydroxylation is 1. The molecule has 0 spiro atoms. The number of nitrogens with one attached hydrogen (secondary N) is 1. The van der Waals surface area contributed by atoms with Gasteiger partial charge in [-0.25, -0.2) is 4.98 Å². The van der Waals surface area contributed by atoms with Gasteiger partial charge in [-0.1, -0.05) is 12.1 Å². The number of imidazole rings is 1. The number of hydrogen-bond donors (Lipinski definition) is 2. The molecule has 0 aliphatic rings. The number of ether oxygens (including phenoxy) is 1. The van der Waals surface area contributed by atoms with Gasteiger partial charge in [0.2, 0.25) is 5.91 Å². The van der Waals surface area contributed by atoms with Gasteiger partial charge in [0.25, 0.3) is 0 Å². The topological polar surface area (TPSA) is 76.4 Å². The van der Waals surface area contributed by atoms with Crippen LogP contribution in [0.1, 0.15) is 12.7 Å². The van der Waals surface area contributed by atoms with Crippen molar-refractivity contribution < 1.29 is 14.6 Å². The zero-order valence-corrected chi connectivity index (χ0v) is 14.3. The van der Waals surface area contributed by atoms with E-state index in [4.69, 9.17) is 4.74 Å². The number of aliphatic hydroxyl groups is 1. The monoisotopic (exact) mass is 339 g/mol. The average Bonchev–Trinajstić information content (AvgIpc) is 2.89. The molecule has 1 aromatic heterocycles. The third-order valence-corrected chi connectivity index (χ3v) is 3.86. The molecule has 0 aliphatic carbocycles. The first-order valence-corrected chi connectivity index (χ1v) is 8.13. The maximum Gasteiger partial charge on any atom is 0.221 e. The second kappa shape index (κ2) is 7.36. The lowest BCUT2D eigenvalue weighted by Crippen LogP contribution is -2.24. The predicted octanol–water partition coefficient (Wildman–Crippen LogP) is 2.74. The Morgan fingerprint density at radius 2 is 1.96 bits per heavy atom. The van der Waals surface area contributed by atoms with E-state index in [9.17, 15) is 9.90 Å². The van der Waals surface area contributed by atoms with E-state index in [2.05, 4.69) is 10.3 Å². The fourth-order valence-corrected chi connectivity index (χ4v) is 2.72. The van der Waals surface area contributed by atoms with Gasteiger partial charge in [0.05, 0.1) is 17.6 Å². The molecular formula is C19H21N3O3. The molecule has 0 unspecified atom stereocenters. The third-order valence-electron chi connectivity index (χ3n) is 3.86. The average molecular weight is 339 g/mol. The van der Waals surface area contributed by atoms with Crippen molar-refractivity contribution in [2.75, 3.05) is 11.9 Å². The van der Waals surface area contributed by atoms with E-state index in [0.29, 0.717) is 18.0 Å². The third kappa shape index (κ3) is 4.16. The van der Waals surface area contributed by atoms with Crippen molar-refractivity contribution in [2.24, 2.45) is 0 Å². The number of aliphatic hydroxyl groups excluding tert-OH is 1. The van der Waals surface area contributed by atoms with Crippen molar-refractivity contribution in [3.8, 4) is 5.75 Å². The van der Waals surface area contributed by atoms with Crippen LogP contribution in [0.5, 0.6) is 5.75 Å². The summed E-state index contributed by atoms with van der Waals surface area (Å²) in [6.45, 7) is 3.97. The smallest absolute Gasteiger partial charge is 0.221 e. The number of para-hydroxylation sites is 2. The molecule has 1 atom stereocenters. The predicted molar refractivity (Wildman–Crippen MR) is 96.7 cm³/mol. The van der Waals surface area contributed by atoms with Gasteiger partial charge in [0, 0.05) is 12.6 Å². The summed E-state index contributed by atoms with van der Waals surface area (Å²) in [5.41, 5.74) is 2.63. The van der Waals surface area contributed by atoms with Crippen LogP contribution in [0.4, 0.5) is 5.69 Å². The van der Waals surface area contributed by atoms with E-state index in [0.717, 1.165) is 16.9 Å². The van der Waals surface area contributed by atoms with Crippen LogP contribution in [0, 0.1) is 6.92 Å². The first-order valence-electron chi connectivity index (χ1n) is 8.13. The van der Waals surface area contributed by atoms with Gasteiger partial charge in [0.15, 0.2) is 0 Å². The van der Waals surface area contributed by atoms with Crippen LogP contribution in [0.15, 0.2) is 48.5 Å². The number of fused-ring (bicyclic) bond motifs is 1. The fraction of sp³-hybridized carbons (Fsp3) is 0.263. The zero-order chi connectivity index (χ0) is 17.8. The Balaban J connectivity index is 1.60. The maximum absolute atomic E-state index is 11.0. The minimum atomic E-state index is -0.661. The molecule has 0 radical (unpaired) electrons. The van der Waals surface area contributed by atoms with Crippen molar-refractivity contribution in [1.29, 1.82) is 0 Å². The summed E-state index contributed by atoms with van der Waals surface area (Å²) in [6, 6.07) is 14.9. The summed E-state index contributed by atoms with van der Waals surface area (Å²) >= 11 is 0. The standard InChI is InChI=1S/C19H21N3O3/c1-13-20-18-5-3-4-6-19(18)22(13)11-16(24)12-25-17-9-7-15(8-10-17)21-14(2)23/h3-10,16,24H,11-12H2,1-2H3,(H,21,23)/t16-/m1/s1. The number of benzene rings is 2. The Labute approximate surface area is 146 Å². The molecule has 6 heteroatoms. The molecule has 0 saturated heterocycles. The molecule has 1 amide bonds. The van der Waals surface area contributed by atoms with Gasteiger partial charge in [-0.2, -0.15) is 0 Å². The van der Waals surface area contributed by atoms with Gasteiger partial charge in [-0.05, 0) is 43.3 Å². The molecule has 0 aliphatic heterocycles. The van der Waals surface area contributed by atoms with E-state index in [1.807, 2.05) is 35.8 Å². The highest BCUT2D eigenvalue weighted by molar-refractivity contribution is 5.88. The molecule has 0 saturated carbocycles. The molecule has 6 nitrogen and oxygen atoms in total. The number of hydrogen-bond acceptors (Lipinski definition) is 4. The van der Waals surface area contributed by atoms with Crippen molar-refractivity contribution in [3.63, 3.8) is 0 Å². The molecule has 130 valence electrons. The molecule has 25 heavy (non-hydrogen) atoms. The largest absolute Gasteiger partial charge is 0.491 e. The van der Waals surface area contributed by atoms with E-state index in [-0.39, 0.29) is 12.5 Å². The molecule has 3 aromatic rings. The van der Waals surface area contributed by atoms with E-state index >= 15 is 0 Å². The normalized spacial score (nSPS) is 12.1. The van der Waals surface area contributed by atoms with E-state index in [1.165, 1.54) is 6.92 Å². The van der Waals surface area contributed by atoms with Crippen LogP contribution >= 0.6 is 0 Å². The highest BCUT2D eigenvalue weighted by Gasteiger charge is 2.12. The van der Waals surface area contributed by atoms with Crippen molar-refractivity contribution >= 4 is 22.6 Å². The highest BCUT2D eigenvalue weighted by atomic mass is 16.5. The Morgan fingerprint density at radius 1 is 1.24 bits per heavy atom. The Morgan fingerprint density at radius 3 is 2.68 bits per heavy atom. The Bertz CT molecular complexity index is 871. The van der Waals surface area contributed by atoms with Crippen molar-refractivity contribution in [1.82, 2.24) is 9.55 Å². The Kier molecular flexibility index (Phi) is 5.00. The number of aromatic nitrogens is 2. The summed E-state index contributed by atoms with van der Waals surface area (Å²) in [6.07, 6.45) is -0.661.